The van der Waals surface area contributed by atoms with Crippen LogP contribution in [0.15, 0.2) is 12.3 Å². The summed E-state index contributed by atoms with van der Waals surface area (Å²) in [5.41, 5.74) is 0.981. The number of aromatic hydroxyl groups is 1. The van der Waals surface area contributed by atoms with E-state index in [2.05, 4.69) is 4.98 Å². The minimum absolute atomic E-state index is 0.216. The summed E-state index contributed by atoms with van der Waals surface area (Å²) in [5, 5.41) is 9.04. The van der Waals surface area contributed by atoms with Gasteiger partial charge < -0.3 is 10.0 Å². The van der Waals surface area contributed by atoms with Crippen molar-refractivity contribution in [3.8, 4) is 5.75 Å². The number of aromatic nitrogens is 1. The molecule has 0 aliphatic heterocycles. The molecule has 0 saturated carbocycles. The molecule has 11 heavy (non-hydrogen) atoms. The Balaban J connectivity index is 3.09. The Morgan fingerprint density at radius 2 is 2.09 bits per heavy atom. The molecule has 0 aliphatic rings. The lowest BCUT2D eigenvalue weighted by molar-refractivity contribution is 0.472. The van der Waals surface area contributed by atoms with Crippen LogP contribution in [0.1, 0.15) is 5.56 Å². The number of nitrogens with zero attached hydrogens (tertiary/aromatic N) is 2. The third-order valence-electron chi connectivity index (χ3n) is 1.46. The maximum atomic E-state index is 9.04. The Hall–Kier alpha value is -1.25. The molecule has 0 aliphatic carbocycles. The Labute approximate surface area is 66.3 Å². The van der Waals surface area contributed by atoms with Gasteiger partial charge in [0.25, 0.3) is 0 Å². The van der Waals surface area contributed by atoms with Crippen molar-refractivity contribution in [3.05, 3.63) is 17.8 Å². The molecule has 1 aromatic rings. The molecule has 0 unspecified atom stereocenters. The average Bonchev–Trinajstić information content (AvgIpc) is 1.85. The van der Waals surface area contributed by atoms with Crippen LogP contribution in [-0.2, 0) is 0 Å². The van der Waals surface area contributed by atoms with Crippen molar-refractivity contribution in [3.63, 3.8) is 0 Å². The third-order valence-corrected chi connectivity index (χ3v) is 1.46. The first kappa shape index (κ1) is 7.85. The number of pyridine rings is 1. The van der Waals surface area contributed by atoms with Crippen molar-refractivity contribution >= 4 is 5.82 Å². The monoisotopic (exact) mass is 152 g/mol. The molecule has 3 nitrogen and oxygen atoms in total. The molecule has 0 saturated heterocycles. The van der Waals surface area contributed by atoms with E-state index in [-0.39, 0.29) is 5.75 Å². The average molecular weight is 152 g/mol. The molecule has 0 aromatic carbocycles. The largest absolute Gasteiger partial charge is 0.506 e. The summed E-state index contributed by atoms with van der Waals surface area (Å²) < 4.78 is 0. The van der Waals surface area contributed by atoms with E-state index in [0.717, 1.165) is 11.4 Å². The summed E-state index contributed by atoms with van der Waals surface area (Å²) in [6.07, 6.45) is 1.45. The van der Waals surface area contributed by atoms with Gasteiger partial charge >= 0.3 is 0 Å². The second-order valence-corrected chi connectivity index (χ2v) is 2.73. The predicted molar refractivity (Wildman–Crippen MR) is 45.0 cm³/mol. The highest BCUT2D eigenvalue weighted by atomic mass is 16.3. The van der Waals surface area contributed by atoms with E-state index in [1.165, 1.54) is 6.20 Å². The topological polar surface area (TPSA) is 36.4 Å². The van der Waals surface area contributed by atoms with Crippen LogP contribution in [0.4, 0.5) is 5.82 Å². The molecule has 0 spiro atoms. The molecule has 1 aromatic heterocycles. The molecule has 1 heterocycles. The zero-order valence-electron chi connectivity index (χ0n) is 7.00. The van der Waals surface area contributed by atoms with E-state index in [0.29, 0.717) is 0 Å². The lowest BCUT2D eigenvalue weighted by atomic mass is 10.3. The van der Waals surface area contributed by atoms with Crippen LogP contribution in [0, 0.1) is 6.92 Å². The fraction of sp³-hybridized carbons (Fsp3) is 0.375. The van der Waals surface area contributed by atoms with Gasteiger partial charge in [-0.2, -0.15) is 0 Å². The molecule has 0 bridgehead atoms. The Kier molecular flexibility index (Phi) is 1.98. The van der Waals surface area contributed by atoms with E-state index in [4.69, 9.17) is 5.11 Å². The van der Waals surface area contributed by atoms with Gasteiger partial charge in [0.2, 0.25) is 0 Å². The van der Waals surface area contributed by atoms with Gasteiger partial charge in [-0.05, 0) is 18.6 Å². The number of aryl methyl sites for hydroxylation is 1. The van der Waals surface area contributed by atoms with E-state index in [9.17, 15) is 0 Å². The maximum Gasteiger partial charge on any atom is 0.134 e. The van der Waals surface area contributed by atoms with Crippen LogP contribution in [0.5, 0.6) is 5.75 Å². The van der Waals surface area contributed by atoms with Gasteiger partial charge in [0.1, 0.15) is 11.6 Å². The molecular formula is C8H12N2O. The van der Waals surface area contributed by atoms with Gasteiger partial charge in [-0.15, -0.1) is 0 Å². The maximum absolute atomic E-state index is 9.04. The first-order chi connectivity index (χ1) is 5.11. The minimum Gasteiger partial charge on any atom is -0.506 e. The van der Waals surface area contributed by atoms with Crippen molar-refractivity contribution in [1.29, 1.82) is 0 Å². The molecule has 0 atom stereocenters. The molecule has 1 N–H and O–H groups in total. The van der Waals surface area contributed by atoms with Gasteiger partial charge in [0.15, 0.2) is 0 Å². The quantitative estimate of drug-likeness (QED) is 0.656. The van der Waals surface area contributed by atoms with E-state index in [1.807, 2.05) is 25.9 Å². The zero-order valence-corrected chi connectivity index (χ0v) is 7.00. The Morgan fingerprint density at radius 3 is 2.55 bits per heavy atom. The number of hydrogen-bond acceptors (Lipinski definition) is 3. The highest BCUT2D eigenvalue weighted by Gasteiger charge is 2.01. The fourth-order valence-corrected chi connectivity index (χ4v) is 1.02. The van der Waals surface area contributed by atoms with Crippen LogP contribution in [0.25, 0.3) is 0 Å². The van der Waals surface area contributed by atoms with Gasteiger partial charge in [-0.3, -0.25) is 0 Å². The summed E-state index contributed by atoms with van der Waals surface area (Å²) in [5.74, 6) is 1.11. The molecule has 0 radical (unpaired) electrons. The molecule has 0 fully saturated rings. The molecule has 1 rings (SSSR count). The lowest BCUT2D eigenvalue weighted by Crippen LogP contribution is -2.11. The predicted octanol–water partition coefficient (Wildman–Crippen LogP) is 1.16. The lowest BCUT2D eigenvalue weighted by Gasteiger charge is -2.13. The summed E-state index contributed by atoms with van der Waals surface area (Å²) in [6.45, 7) is 1.92. The van der Waals surface area contributed by atoms with Crippen molar-refractivity contribution < 1.29 is 5.11 Å². The summed E-state index contributed by atoms with van der Waals surface area (Å²) in [7, 11) is 3.85. The third kappa shape index (κ3) is 1.61. The van der Waals surface area contributed by atoms with Crippen LogP contribution < -0.4 is 4.90 Å². The Bertz CT molecular complexity index is 258. The molecule has 3 heteroatoms. The summed E-state index contributed by atoms with van der Waals surface area (Å²) in [4.78, 5) is 5.96. The van der Waals surface area contributed by atoms with Crippen molar-refractivity contribution in [2.75, 3.05) is 19.0 Å². The zero-order chi connectivity index (χ0) is 8.43. The van der Waals surface area contributed by atoms with Crippen LogP contribution in [-0.4, -0.2) is 24.2 Å². The van der Waals surface area contributed by atoms with Gasteiger partial charge in [-0.1, -0.05) is 0 Å². The first-order valence-corrected chi connectivity index (χ1v) is 3.44. The van der Waals surface area contributed by atoms with Crippen molar-refractivity contribution in [1.82, 2.24) is 4.98 Å². The normalized spacial score (nSPS) is 9.73. The van der Waals surface area contributed by atoms with Crippen LogP contribution in [0.2, 0.25) is 0 Å². The van der Waals surface area contributed by atoms with E-state index in [1.54, 1.807) is 6.07 Å². The second kappa shape index (κ2) is 2.78. The SMILES string of the molecule is Cc1cc(O)cnc1N(C)C. The number of anilines is 1. The highest BCUT2D eigenvalue weighted by Crippen LogP contribution is 2.18. The van der Waals surface area contributed by atoms with Gasteiger partial charge in [-0.25, -0.2) is 4.98 Å². The molecular weight excluding hydrogens is 140 g/mol. The van der Waals surface area contributed by atoms with Gasteiger partial charge in [0.05, 0.1) is 6.20 Å². The fourth-order valence-electron chi connectivity index (χ4n) is 1.02. The minimum atomic E-state index is 0.216. The number of rotatable bonds is 1. The Morgan fingerprint density at radius 1 is 1.45 bits per heavy atom. The first-order valence-electron chi connectivity index (χ1n) is 3.44. The standard InChI is InChI=1S/C8H12N2O/c1-6-4-7(11)5-9-8(6)10(2)3/h4-5,11H,1-3H3. The molecule has 0 amide bonds. The highest BCUT2D eigenvalue weighted by molar-refractivity contribution is 5.46. The summed E-state index contributed by atoms with van der Waals surface area (Å²) >= 11 is 0. The van der Waals surface area contributed by atoms with E-state index < -0.39 is 0 Å². The molecule has 60 valence electrons. The van der Waals surface area contributed by atoms with Crippen LogP contribution >= 0.6 is 0 Å². The second-order valence-electron chi connectivity index (χ2n) is 2.73. The summed E-state index contributed by atoms with van der Waals surface area (Å²) in [6, 6.07) is 1.70. The smallest absolute Gasteiger partial charge is 0.134 e. The van der Waals surface area contributed by atoms with Gasteiger partial charge in [0, 0.05) is 14.1 Å². The van der Waals surface area contributed by atoms with Crippen molar-refractivity contribution in [2.45, 2.75) is 6.92 Å². The number of hydrogen-bond donors (Lipinski definition) is 1. The van der Waals surface area contributed by atoms with Crippen molar-refractivity contribution in [2.24, 2.45) is 0 Å². The van der Waals surface area contributed by atoms with Crippen LogP contribution in [0.3, 0.4) is 0 Å². The van der Waals surface area contributed by atoms with E-state index >= 15 is 0 Å².